The lowest BCUT2D eigenvalue weighted by atomic mass is 10.0. The number of hydrogen-bond donors (Lipinski definition) is 1. The van der Waals surface area contributed by atoms with Crippen molar-refractivity contribution in [2.75, 3.05) is 11.1 Å². The Hall–Kier alpha value is -3.98. The van der Waals surface area contributed by atoms with Gasteiger partial charge in [-0.15, -0.1) is 0 Å². The van der Waals surface area contributed by atoms with E-state index in [-0.39, 0.29) is 22.9 Å². The van der Waals surface area contributed by atoms with Crippen molar-refractivity contribution in [1.82, 2.24) is 9.55 Å². The summed E-state index contributed by atoms with van der Waals surface area (Å²) in [4.78, 5) is 41.0. The van der Waals surface area contributed by atoms with Gasteiger partial charge in [-0.05, 0) is 41.8 Å². The lowest BCUT2D eigenvalue weighted by molar-refractivity contribution is -0.384. The quantitative estimate of drug-likeness (QED) is 0.172. The molecular formula is C25H22N4O4S. The van der Waals surface area contributed by atoms with Crippen LogP contribution < -0.4 is 10.9 Å². The number of benzene rings is 3. The predicted molar refractivity (Wildman–Crippen MR) is 134 cm³/mol. The highest BCUT2D eigenvalue weighted by molar-refractivity contribution is 7.99. The van der Waals surface area contributed by atoms with Gasteiger partial charge in [0.2, 0.25) is 5.91 Å². The van der Waals surface area contributed by atoms with Gasteiger partial charge in [-0.1, -0.05) is 55.9 Å². The van der Waals surface area contributed by atoms with Gasteiger partial charge in [-0.2, -0.15) is 0 Å². The van der Waals surface area contributed by atoms with Crippen LogP contribution in [0.25, 0.3) is 16.6 Å². The number of amides is 1. The monoisotopic (exact) mass is 474 g/mol. The molecule has 0 aliphatic heterocycles. The van der Waals surface area contributed by atoms with Gasteiger partial charge in [0.05, 0.1) is 27.3 Å². The van der Waals surface area contributed by atoms with Crippen LogP contribution in [0.15, 0.2) is 82.7 Å². The minimum absolute atomic E-state index is 0.0302. The molecule has 4 aromatic rings. The van der Waals surface area contributed by atoms with Crippen LogP contribution in [0.4, 0.5) is 11.4 Å². The first-order valence-corrected chi connectivity index (χ1v) is 11.6. The van der Waals surface area contributed by atoms with Gasteiger partial charge in [0.1, 0.15) is 0 Å². The largest absolute Gasteiger partial charge is 0.325 e. The molecule has 0 bridgehead atoms. The number of nitrogens with zero attached hydrogens (tertiary/aromatic N) is 3. The van der Waals surface area contributed by atoms with Gasteiger partial charge in [-0.25, -0.2) is 4.98 Å². The Morgan fingerprint density at radius 2 is 1.82 bits per heavy atom. The molecule has 0 unspecified atom stereocenters. The Bertz CT molecular complexity index is 1430. The predicted octanol–water partition coefficient (Wildman–Crippen LogP) is 5.15. The number of rotatable bonds is 7. The summed E-state index contributed by atoms with van der Waals surface area (Å²) in [6, 6.07) is 20.5. The second kappa shape index (κ2) is 9.88. The van der Waals surface area contributed by atoms with E-state index in [9.17, 15) is 19.7 Å². The van der Waals surface area contributed by atoms with Crippen molar-refractivity contribution in [3.63, 3.8) is 0 Å². The van der Waals surface area contributed by atoms with Gasteiger partial charge in [0, 0.05) is 17.8 Å². The molecule has 0 aliphatic rings. The number of anilines is 1. The molecule has 0 fully saturated rings. The molecule has 3 aromatic carbocycles. The molecule has 0 aliphatic carbocycles. The van der Waals surface area contributed by atoms with Gasteiger partial charge >= 0.3 is 0 Å². The molecule has 8 nitrogen and oxygen atoms in total. The number of hydrogen-bond acceptors (Lipinski definition) is 6. The third-order valence-corrected chi connectivity index (χ3v) is 6.17. The lowest BCUT2D eigenvalue weighted by Gasteiger charge is -2.14. The standard InChI is InChI=1S/C25H22N4O4S/c1-16(2)17-10-12-19(13-11-17)28-24(31)21-8-3-4-9-22(21)27-25(28)34-15-23(30)26-18-6-5-7-20(14-18)29(32)33/h3-14,16H,15H2,1-2H3,(H,26,30). The first kappa shape index (κ1) is 23.2. The molecule has 0 saturated heterocycles. The molecule has 0 atom stereocenters. The summed E-state index contributed by atoms with van der Waals surface area (Å²) in [5.74, 6) is -0.0427. The highest BCUT2D eigenvalue weighted by atomic mass is 32.2. The van der Waals surface area contributed by atoms with Crippen LogP contribution in [0, 0.1) is 10.1 Å². The third-order valence-electron chi connectivity index (χ3n) is 5.24. The fraction of sp³-hybridized carbons (Fsp3) is 0.160. The number of nitro benzene ring substituents is 1. The third kappa shape index (κ3) is 4.99. The maximum atomic E-state index is 13.4. The molecule has 1 amide bonds. The normalized spacial score (nSPS) is 11.0. The summed E-state index contributed by atoms with van der Waals surface area (Å²) >= 11 is 1.13. The highest BCUT2D eigenvalue weighted by Crippen LogP contribution is 2.24. The second-order valence-electron chi connectivity index (χ2n) is 7.94. The number of thioether (sulfide) groups is 1. The minimum Gasteiger partial charge on any atom is -0.325 e. The summed E-state index contributed by atoms with van der Waals surface area (Å²) in [6.07, 6.45) is 0. The molecule has 1 heterocycles. The van der Waals surface area contributed by atoms with E-state index in [1.54, 1.807) is 30.3 Å². The zero-order valence-electron chi connectivity index (χ0n) is 18.6. The van der Waals surface area contributed by atoms with Crippen LogP contribution in [-0.4, -0.2) is 26.1 Å². The van der Waals surface area contributed by atoms with Crippen molar-refractivity contribution >= 4 is 39.9 Å². The fourth-order valence-corrected chi connectivity index (χ4v) is 4.28. The lowest BCUT2D eigenvalue weighted by Crippen LogP contribution is -2.23. The molecule has 1 aromatic heterocycles. The van der Waals surface area contributed by atoms with E-state index in [1.165, 1.54) is 22.8 Å². The molecule has 0 spiro atoms. The highest BCUT2D eigenvalue weighted by Gasteiger charge is 2.16. The molecule has 0 saturated carbocycles. The minimum atomic E-state index is -0.521. The number of nitro groups is 1. The van der Waals surface area contributed by atoms with Crippen molar-refractivity contribution < 1.29 is 9.72 Å². The van der Waals surface area contributed by atoms with E-state index < -0.39 is 4.92 Å². The Morgan fingerprint density at radius 3 is 2.53 bits per heavy atom. The van der Waals surface area contributed by atoms with Crippen molar-refractivity contribution in [3.05, 3.63) is 98.8 Å². The summed E-state index contributed by atoms with van der Waals surface area (Å²) in [5.41, 5.74) is 2.35. The van der Waals surface area contributed by atoms with Gasteiger partial charge in [0.15, 0.2) is 5.16 Å². The molecule has 34 heavy (non-hydrogen) atoms. The Labute approximate surface area is 199 Å². The van der Waals surface area contributed by atoms with E-state index >= 15 is 0 Å². The van der Waals surface area contributed by atoms with Crippen LogP contribution in [0.1, 0.15) is 25.3 Å². The molecule has 4 rings (SSSR count). The maximum absolute atomic E-state index is 13.4. The first-order valence-electron chi connectivity index (χ1n) is 10.6. The van der Waals surface area contributed by atoms with Gasteiger partial charge in [-0.3, -0.25) is 24.3 Å². The van der Waals surface area contributed by atoms with E-state index in [0.29, 0.717) is 33.4 Å². The number of nitrogens with one attached hydrogen (secondary N) is 1. The summed E-state index contributed by atoms with van der Waals surface area (Å²) in [7, 11) is 0. The van der Waals surface area contributed by atoms with Gasteiger partial charge in [0.25, 0.3) is 11.2 Å². The molecule has 9 heteroatoms. The van der Waals surface area contributed by atoms with E-state index in [4.69, 9.17) is 0 Å². The van der Waals surface area contributed by atoms with Crippen molar-refractivity contribution in [1.29, 1.82) is 0 Å². The first-order chi connectivity index (χ1) is 16.3. The van der Waals surface area contributed by atoms with Crippen LogP contribution >= 0.6 is 11.8 Å². The van der Waals surface area contributed by atoms with Crippen LogP contribution in [0.2, 0.25) is 0 Å². The fourth-order valence-electron chi connectivity index (χ4n) is 3.47. The summed E-state index contributed by atoms with van der Waals surface area (Å²) in [5, 5.41) is 14.5. The van der Waals surface area contributed by atoms with Gasteiger partial charge < -0.3 is 5.32 Å². The number of carbonyl (C=O) groups is 1. The van der Waals surface area contributed by atoms with E-state index in [2.05, 4.69) is 24.1 Å². The molecule has 172 valence electrons. The average Bonchev–Trinajstić information content (AvgIpc) is 2.83. The topological polar surface area (TPSA) is 107 Å². The van der Waals surface area contributed by atoms with E-state index in [0.717, 1.165) is 17.3 Å². The van der Waals surface area contributed by atoms with Crippen molar-refractivity contribution in [2.24, 2.45) is 0 Å². The average molecular weight is 475 g/mol. The Morgan fingerprint density at radius 1 is 1.09 bits per heavy atom. The Kier molecular flexibility index (Phi) is 6.74. The SMILES string of the molecule is CC(C)c1ccc(-n2c(SCC(=O)Nc3cccc([N+](=O)[O-])c3)nc3ccccc3c2=O)cc1. The van der Waals surface area contributed by atoms with E-state index in [1.807, 2.05) is 24.3 Å². The molecular weight excluding hydrogens is 452 g/mol. The van der Waals surface area contributed by atoms with Crippen LogP contribution in [0.3, 0.4) is 0 Å². The smallest absolute Gasteiger partial charge is 0.271 e. The second-order valence-corrected chi connectivity index (χ2v) is 8.89. The van der Waals surface area contributed by atoms with Crippen molar-refractivity contribution in [3.8, 4) is 5.69 Å². The summed E-state index contributed by atoms with van der Waals surface area (Å²) < 4.78 is 1.51. The van der Waals surface area contributed by atoms with Crippen molar-refractivity contribution in [2.45, 2.75) is 24.9 Å². The number of non-ortho nitro benzene ring substituents is 1. The molecule has 0 radical (unpaired) electrons. The summed E-state index contributed by atoms with van der Waals surface area (Å²) in [6.45, 7) is 4.19. The number of fused-ring (bicyclic) bond motifs is 1. The number of aromatic nitrogens is 2. The zero-order chi connectivity index (χ0) is 24.2. The number of para-hydroxylation sites is 1. The zero-order valence-corrected chi connectivity index (χ0v) is 19.4. The van der Waals surface area contributed by atoms with Crippen LogP contribution in [-0.2, 0) is 4.79 Å². The Balaban J connectivity index is 1.64. The maximum Gasteiger partial charge on any atom is 0.271 e. The van der Waals surface area contributed by atoms with Crippen LogP contribution in [0.5, 0.6) is 0 Å². The number of carbonyl (C=O) groups excluding carboxylic acids is 1. The molecule has 1 N–H and O–H groups in total.